The summed E-state index contributed by atoms with van der Waals surface area (Å²) in [7, 11) is 1.63. The number of carbonyl (C=O) groups is 2. The second-order valence-corrected chi connectivity index (χ2v) is 8.20. The van der Waals surface area contributed by atoms with Crippen molar-refractivity contribution in [1.82, 2.24) is 15.4 Å². The van der Waals surface area contributed by atoms with Gasteiger partial charge in [-0.05, 0) is 24.5 Å². The lowest BCUT2D eigenvalue weighted by molar-refractivity contribution is -0.133. The first-order valence-electron chi connectivity index (χ1n) is 10.8. The number of likely N-dealkylation sites (N-methyl/N-ethyl adjacent to an activating group) is 1. The second-order valence-electron chi connectivity index (χ2n) is 8.20. The van der Waals surface area contributed by atoms with Crippen molar-refractivity contribution in [3.05, 3.63) is 77.6 Å². The average molecular weight is 456 g/mol. The second kappa shape index (κ2) is 10.8. The van der Waals surface area contributed by atoms with Gasteiger partial charge in [-0.25, -0.2) is 8.78 Å². The fraction of sp³-hybridized carbons (Fsp3) is 0.320. The van der Waals surface area contributed by atoms with Crippen molar-refractivity contribution in [3.63, 3.8) is 0 Å². The molecule has 2 aromatic carbocycles. The molecule has 1 N–H and O–H groups in total. The molecule has 0 fully saturated rings. The third kappa shape index (κ3) is 6.03. The van der Waals surface area contributed by atoms with E-state index in [1.165, 1.54) is 11.0 Å². The Morgan fingerprint density at radius 1 is 1.06 bits per heavy atom. The van der Waals surface area contributed by atoms with E-state index in [1.54, 1.807) is 20.9 Å². The van der Waals surface area contributed by atoms with Crippen LogP contribution in [0.2, 0.25) is 0 Å². The van der Waals surface area contributed by atoms with E-state index in [0.717, 1.165) is 23.4 Å². The lowest BCUT2D eigenvalue weighted by atomic mass is 10.0. The van der Waals surface area contributed by atoms with Crippen LogP contribution in [-0.2, 0) is 11.2 Å². The number of aryl methyl sites for hydroxylation is 1. The number of hydrogen-bond donors (Lipinski definition) is 1. The summed E-state index contributed by atoms with van der Waals surface area (Å²) in [6, 6.07) is 13.8. The highest BCUT2D eigenvalue weighted by Crippen LogP contribution is 2.19. The van der Waals surface area contributed by atoms with E-state index in [-0.39, 0.29) is 11.8 Å². The number of benzene rings is 2. The zero-order valence-corrected chi connectivity index (χ0v) is 18.8. The van der Waals surface area contributed by atoms with Crippen LogP contribution in [0.25, 0.3) is 11.3 Å². The van der Waals surface area contributed by atoms with Crippen molar-refractivity contribution in [2.45, 2.75) is 32.7 Å². The molecule has 0 radical (unpaired) electrons. The number of nitrogens with zero attached hydrogens (tertiary/aromatic N) is 2. The molecular formula is C25H27F2N3O3. The molecule has 174 valence electrons. The van der Waals surface area contributed by atoms with Gasteiger partial charge >= 0.3 is 0 Å². The topological polar surface area (TPSA) is 75.4 Å². The zero-order chi connectivity index (χ0) is 24.0. The number of carbonyl (C=O) groups excluding carboxylic acids is 2. The quantitative estimate of drug-likeness (QED) is 0.517. The molecule has 0 spiro atoms. The first-order valence-corrected chi connectivity index (χ1v) is 10.8. The predicted octanol–water partition coefficient (Wildman–Crippen LogP) is 4.47. The fourth-order valence-electron chi connectivity index (χ4n) is 3.46. The zero-order valence-electron chi connectivity index (χ0n) is 18.8. The molecule has 1 heterocycles. The van der Waals surface area contributed by atoms with Gasteiger partial charge in [-0.3, -0.25) is 9.59 Å². The Kier molecular flexibility index (Phi) is 7.92. The van der Waals surface area contributed by atoms with Gasteiger partial charge in [-0.15, -0.1) is 0 Å². The van der Waals surface area contributed by atoms with Crippen molar-refractivity contribution in [2.75, 3.05) is 13.6 Å². The van der Waals surface area contributed by atoms with Crippen molar-refractivity contribution in [1.29, 1.82) is 0 Å². The minimum atomic E-state index is -0.974. The lowest BCUT2D eigenvalue weighted by Gasteiger charge is -2.27. The van der Waals surface area contributed by atoms with Crippen molar-refractivity contribution in [3.8, 4) is 11.3 Å². The minimum absolute atomic E-state index is 0.276. The molecular weight excluding hydrogens is 428 g/mol. The Labute approximate surface area is 191 Å². The number of nitrogens with one attached hydrogen (secondary N) is 1. The van der Waals surface area contributed by atoms with Crippen LogP contribution in [-0.4, -0.2) is 41.5 Å². The normalized spacial score (nSPS) is 11.9. The Morgan fingerprint density at radius 2 is 1.73 bits per heavy atom. The van der Waals surface area contributed by atoms with E-state index in [1.807, 2.05) is 36.4 Å². The number of hydrogen-bond acceptors (Lipinski definition) is 4. The van der Waals surface area contributed by atoms with Crippen LogP contribution in [0.4, 0.5) is 8.78 Å². The van der Waals surface area contributed by atoms with Crippen molar-refractivity contribution in [2.24, 2.45) is 5.92 Å². The molecule has 8 heteroatoms. The molecule has 0 unspecified atom stereocenters. The maximum Gasteiger partial charge on any atom is 0.257 e. The third-order valence-electron chi connectivity index (χ3n) is 5.33. The van der Waals surface area contributed by atoms with Gasteiger partial charge in [0, 0.05) is 31.6 Å². The summed E-state index contributed by atoms with van der Waals surface area (Å²) < 4.78 is 33.3. The summed E-state index contributed by atoms with van der Waals surface area (Å²) in [5.74, 6) is -2.81. The molecule has 6 nitrogen and oxygen atoms in total. The molecule has 0 saturated carbocycles. The summed E-state index contributed by atoms with van der Waals surface area (Å²) in [4.78, 5) is 26.9. The predicted molar refractivity (Wildman–Crippen MR) is 120 cm³/mol. The fourth-order valence-corrected chi connectivity index (χ4v) is 3.46. The maximum atomic E-state index is 13.9. The summed E-state index contributed by atoms with van der Waals surface area (Å²) in [5.41, 5.74) is 1.01. The number of aromatic nitrogens is 1. The van der Waals surface area contributed by atoms with E-state index >= 15 is 0 Å². The highest BCUT2D eigenvalue weighted by Gasteiger charge is 2.29. The van der Waals surface area contributed by atoms with Gasteiger partial charge in [0.25, 0.3) is 5.91 Å². The van der Waals surface area contributed by atoms with Crippen LogP contribution in [0.3, 0.4) is 0 Å². The van der Waals surface area contributed by atoms with Gasteiger partial charge in [-0.2, -0.15) is 0 Å². The van der Waals surface area contributed by atoms with Crippen molar-refractivity contribution < 1.29 is 22.9 Å². The molecule has 2 amide bonds. The van der Waals surface area contributed by atoms with E-state index in [4.69, 9.17) is 4.52 Å². The molecule has 0 bridgehead atoms. The smallest absolute Gasteiger partial charge is 0.257 e. The largest absolute Gasteiger partial charge is 0.361 e. The van der Waals surface area contributed by atoms with Crippen LogP contribution < -0.4 is 5.32 Å². The van der Waals surface area contributed by atoms with E-state index < -0.39 is 29.1 Å². The van der Waals surface area contributed by atoms with Gasteiger partial charge in [0.2, 0.25) is 5.91 Å². The average Bonchev–Trinajstić information content (AvgIpc) is 3.26. The van der Waals surface area contributed by atoms with Crippen LogP contribution in [0.15, 0.2) is 59.1 Å². The van der Waals surface area contributed by atoms with E-state index in [9.17, 15) is 18.4 Å². The summed E-state index contributed by atoms with van der Waals surface area (Å²) in [5, 5.41) is 6.57. The first kappa shape index (κ1) is 24.1. The third-order valence-corrected chi connectivity index (χ3v) is 5.33. The van der Waals surface area contributed by atoms with Crippen LogP contribution >= 0.6 is 0 Å². The molecule has 0 aliphatic rings. The highest BCUT2D eigenvalue weighted by molar-refractivity contribution is 5.98. The number of rotatable bonds is 9. The van der Waals surface area contributed by atoms with E-state index in [0.29, 0.717) is 25.1 Å². The highest BCUT2D eigenvalue weighted by atomic mass is 19.1. The molecule has 0 aliphatic heterocycles. The SMILES string of the molecule is CC(C)[C@H](NC(=O)c1c(F)cccc1F)C(=O)N(C)CCCc1cc(-c2ccccc2)no1. The van der Waals surface area contributed by atoms with Crippen LogP contribution in [0, 0.1) is 17.6 Å². The standard InChI is InChI=1S/C25H27F2N3O3/c1-16(2)23(28-24(31)22-19(26)12-7-13-20(22)27)25(32)30(3)14-8-11-18-15-21(29-33-18)17-9-5-4-6-10-17/h4-7,9-10,12-13,15-16,23H,8,11,14H2,1-3H3,(H,28,31)/t23-/m0/s1. The number of halogens is 2. The summed E-state index contributed by atoms with van der Waals surface area (Å²) >= 11 is 0. The molecule has 3 rings (SSSR count). The Balaban J connectivity index is 1.57. The Hall–Kier alpha value is -3.55. The molecule has 0 saturated heterocycles. The van der Waals surface area contributed by atoms with Crippen LogP contribution in [0.5, 0.6) is 0 Å². The number of amides is 2. The molecule has 3 aromatic rings. The Morgan fingerprint density at radius 3 is 2.36 bits per heavy atom. The van der Waals surface area contributed by atoms with Gasteiger partial charge < -0.3 is 14.7 Å². The molecule has 1 aromatic heterocycles. The minimum Gasteiger partial charge on any atom is -0.361 e. The summed E-state index contributed by atoms with van der Waals surface area (Å²) in [6.45, 7) is 3.93. The maximum absolute atomic E-state index is 13.9. The monoisotopic (exact) mass is 455 g/mol. The Bertz CT molecular complexity index is 1080. The van der Waals surface area contributed by atoms with E-state index in [2.05, 4.69) is 10.5 Å². The van der Waals surface area contributed by atoms with Crippen molar-refractivity contribution >= 4 is 11.8 Å². The van der Waals surface area contributed by atoms with Gasteiger partial charge in [-0.1, -0.05) is 55.4 Å². The lowest BCUT2D eigenvalue weighted by Crippen LogP contribution is -2.50. The van der Waals surface area contributed by atoms with Crippen LogP contribution in [0.1, 0.15) is 36.4 Å². The summed E-state index contributed by atoms with van der Waals surface area (Å²) in [6.07, 6.45) is 1.20. The molecule has 1 atom stereocenters. The van der Waals surface area contributed by atoms with Gasteiger partial charge in [0.1, 0.15) is 34.7 Å². The molecule has 0 aliphatic carbocycles. The van der Waals surface area contributed by atoms with Gasteiger partial charge in [0.15, 0.2) is 0 Å². The first-order chi connectivity index (χ1) is 15.8. The molecule has 33 heavy (non-hydrogen) atoms. The van der Waals surface area contributed by atoms with Gasteiger partial charge in [0.05, 0.1) is 0 Å².